The number of ketones is 1. The number of amides is 1. The fourth-order valence-corrected chi connectivity index (χ4v) is 4.32. The number of ether oxygens (including phenoxy) is 1. The summed E-state index contributed by atoms with van der Waals surface area (Å²) in [5, 5.41) is 11.4. The molecular formula is C28H30N2O5. The Labute approximate surface area is 205 Å². The number of nitrogens with zero attached hydrogens (tertiary/aromatic N) is 2. The van der Waals surface area contributed by atoms with Crippen LogP contribution in [0.5, 0.6) is 5.75 Å². The van der Waals surface area contributed by atoms with Gasteiger partial charge >= 0.3 is 0 Å². The molecule has 1 aliphatic rings. The van der Waals surface area contributed by atoms with Crippen LogP contribution in [0.15, 0.2) is 70.9 Å². The lowest BCUT2D eigenvalue weighted by molar-refractivity contribution is -0.132. The zero-order chi connectivity index (χ0) is 25.3. The van der Waals surface area contributed by atoms with E-state index in [0.29, 0.717) is 23.6 Å². The zero-order valence-corrected chi connectivity index (χ0v) is 20.6. The molecule has 4 rings (SSSR count). The number of aliphatic hydroxyl groups excluding tert-OH is 1. The molecular weight excluding hydrogens is 444 g/mol. The molecule has 0 spiro atoms. The van der Waals surface area contributed by atoms with Crippen molar-refractivity contribution in [3.05, 3.63) is 83.3 Å². The minimum absolute atomic E-state index is 0.0134. The van der Waals surface area contributed by atoms with E-state index in [2.05, 4.69) is 0 Å². The lowest BCUT2D eigenvalue weighted by atomic mass is 9.95. The van der Waals surface area contributed by atoms with Crippen LogP contribution in [0.2, 0.25) is 0 Å². The van der Waals surface area contributed by atoms with Crippen LogP contribution in [0.1, 0.15) is 49.6 Å². The highest BCUT2D eigenvalue weighted by Crippen LogP contribution is 2.43. The van der Waals surface area contributed by atoms with Crippen LogP contribution in [0.3, 0.4) is 0 Å². The summed E-state index contributed by atoms with van der Waals surface area (Å²) in [6.45, 7) is 6.48. The van der Waals surface area contributed by atoms with Gasteiger partial charge in [0.2, 0.25) is 0 Å². The number of carbonyl (C=O) groups excluding carboxylic acids is 2. The molecule has 1 fully saturated rings. The maximum Gasteiger partial charge on any atom is 0.300 e. The summed E-state index contributed by atoms with van der Waals surface area (Å²) in [6.07, 6.45) is 1.48. The van der Waals surface area contributed by atoms with Crippen LogP contribution in [0, 0.1) is 0 Å². The van der Waals surface area contributed by atoms with Crippen molar-refractivity contribution in [1.82, 2.24) is 0 Å². The molecule has 1 amide bonds. The molecule has 0 radical (unpaired) electrons. The molecule has 182 valence electrons. The lowest BCUT2D eigenvalue weighted by Crippen LogP contribution is -2.29. The smallest absolute Gasteiger partial charge is 0.300 e. The Bertz CT molecular complexity index is 1260. The zero-order valence-electron chi connectivity index (χ0n) is 20.6. The van der Waals surface area contributed by atoms with Gasteiger partial charge in [0.05, 0.1) is 18.4 Å². The second kappa shape index (κ2) is 9.70. The van der Waals surface area contributed by atoms with E-state index < -0.39 is 17.7 Å². The summed E-state index contributed by atoms with van der Waals surface area (Å²) in [4.78, 5) is 29.9. The first-order chi connectivity index (χ1) is 16.7. The van der Waals surface area contributed by atoms with Gasteiger partial charge in [-0.1, -0.05) is 13.8 Å². The van der Waals surface area contributed by atoms with Crippen LogP contribution in [0.4, 0.5) is 11.4 Å². The Morgan fingerprint density at radius 3 is 2.40 bits per heavy atom. The maximum absolute atomic E-state index is 13.3. The Hall–Kier alpha value is -4.00. The van der Waals surface area contributed by atoms with Crippen molar-refractivity contribution in [3.63, 3.8) is 0 Å². The van der Waals surface area contributed by atoms with Gasteiger partial charge in [-0.05, 0) is 73.0 Å². The van der Waals surface area contributed by atoms with E-state index in [0.717, 1.165) is 17.0 Å². The van der Waals surface area contributed by atoms with Crippen molar-refractivity contribution >= 4 is 28.8 Å². The summed E-state index contributed by atoms with van der Waals surface area (Å²) in [7, 11) is 3.85. The summed E-state index contributed by atoms with van der Waals surface area (Å²) < 4.78 is 11.4. The Balaban J connectivity index is 1.87. The molecule has 1 unspecified atom stereocenters. The Morgan fingerprint density at radius 1 is 1.11 bits per heavy atom. The van der Waals surface area contributed by atoms with Crippen LogP contribution >= 0.6 is 0 Å². The average molecular weight is 475 g/mol. The van der Waals surface area contributed by atoms with E-state index in [1.54, 1.807) is 36.4 Å². The molecule has 2 heterocycles. The fourth-order valence-electron chi connectivity index (χ4n) is 4.32. The van der Waals surface area contributed by atoms with Crippen LogP contribution in [0.25, 0.3) is 5.76 Å². The summed E-state index contributed by atoms with van der Waals surface area (Å²) in [6, 6.07) is 15.1. The Morgan fingerprint density at radius 2 is 1.83 bits per heavy atom. The van der Waals surface area contributed by atoms with E-state index >= 15 is 0 Å². The van der Waals surface area contributed by atoms with Crippen molar-refractivity contribution < 1.29 is 23.8 Å². The predicted octanol–water partition coefficient (Wildman–Crippen LogP) is 5.49. The average Bonchev–Trinajstić information content (AvgIpc) is 3.46. The van der Waals surface area contributed by atoms with Crippen molar-refractivity contribution in [2.45, 2.75) is 32.7 Å². The number of carbonyl (C=O) groups is 2. The molecule has 1 saturated heterocycles. The van der Waals surface area contributed by atoms with Gasteiger partial charge in [-0.15, -0.1) is 0 Å². The standard InChI is InChI=1S/C28H30N2O5/c1-6-34-22-14-9-18(16-21(22)17(2)3)26(31)24-25(23-8-7-15-35-23)30(28(33)27(24)32)20-12-10-19(11-13-20)29(4)5/h7-17,25,31H,6H2,1-5H3/b26-24-. The van der Waals surface area contributed by atoms with E-state index in [9.17, 15) is 14.7 Å². The topological polar surface area (TPSA) is 83.2 Å². The molecule has 3 aromatic rings. The number of furan rings is 1. The van der Waals surface area contributed by atoms with Gasteiger partial charge in [0, 0.05) is 31.0 Å². The normalized spacial score (nSPS) is 17.3. The number of Topliss-reactive ketones (excluding diaryl/α,β-unsaturated/α-hetero) is 1. The SMILES string of the molecule is CCOc1ccc(/C(O)=C2/C(=O)C(=O)N(c3ccc(N(C)C)cc3)C2c2ccco2)cc1C(C)C. The van der Waals surface area contributed by atoms with Gasteiger partial charge in [0.15, 0.2) is 0 Å². The second-order valence-corrected chi connectivity index (χ2v) is 8.94. The third kappa shape index (κ3) is 4.41. The van der Waals surface area contributed by atoms with Gasteiger partial charge in [-0.25, -0.2) is 0 Å². The number of hydrogen-bond donors (Lipinski definition) is 1. The van der Waals surface area contributed by atoms with Crippen molar-refractivity contribution in [1.29, 1.82) is 0 Å². The van der Waals surface area contributed by atoms with Crippen LogP contribution < -0.4 is 14.5 Å². The van der Waals surface area contributed by atoms with Gasteiger partial charge in [-0.3, -0.25) is 14.5 Å². The van der Waals surface area contributed by atoms with Crippen LogP contribution in [-0.2, 0) is 9.59 Å². The van der Waals surface area contributed by atoms with Crippen molar-refractivity contribution in [3.8, 4) is 5.75 Å². The van der Waals surface area contributed by atoms with Crippen molar-refractivity contribution in [2.75, 3.05) is 30.5 Å². The molecule has 1 N–H and O–H groups in total. The predicted molar refractivity (Wildman–Crippen MR) is 136 cm³/mol. The monoisotopic (exact) mass is 474 g/mol. The molecule has 0 saturated carbocycles. The fraction of sp³-hybridized carbons (Fsp3) is 0.286. The highest BCUT2D eigenvalue weighted by molar-refractivity contribution is 6.51. The lowest BCUT2D eigenvalue weighted by Gasteiger charge is -2.24. The molecule has 35 heavy (non-hydrogen) atoms. The van der Waals surface area contributed by atoms with Gasteiger partial charge in [0.25, 0.3) is 11.7 Å². The second-order valence-electron chi connectivity index (χ2n) is 8.94. The molecule has 0 bridgehead atoms. The van der Waals surface area contributed by atoms with E-state index in [4.69, 9.17) is 9.15 Å². The first-order valence-electron chi connectivity index (χ1n) is 11.6. The first kappa shape index (κ1) is 24.1. The third-order valence-corrected chi connectivity index (χ3v) is 6.11. The number of aliphatic hydroxyl groups is 1. The molecule has 7 heteroatoms. The van der Waals surface area contributed by atoms with Gasteiger partial charge in [-0.2, -0.15) is 0 Å². The van der Waals surface area contributed by atoms with E-state index in [-0.39, 0.29) is 17.3 Å². The number of benzene rings is 2. The number of rotatable bonds is 7. The van der Waals surface area contributed by atoms with E-state index in [1.165, 1.54) is 11.2 Å². The summed E-state index contributed by atoms with van der Waals surface area (Å²) in [5.41, 5.74) is 2.82. The molecule has 1 aliphatic heterocycles. The molecule has 2 aromatic carbocycles. The Kier molecular flexibility index (Phi) is 6.69. The quantitative estimate of drug-likeness (QED) is 0.277. The molecule has 1 aromatic heterocycles. The first-order valence-corrected chi connectivity index (χ1v) is 11.6. The van der Waals surface area contributed by atoms with E-state index in [1.807, 2.05) is 58.0 Å². The molecule has 7 nitrogen and oxygen atoms in total. The highest BCUT2D eigenvalue weighted by atomic mass is 16.5. The molecule has 1 atom stereocenters. The highest BCUT2D eigenvalue weighted by Gasteiger charge is 2.48. The summed E-state index contributed by atoms with van der Waals surface area (Å²) in [5.74, 6) is -0.494. The molecule has 0 aliphatic carbocycles. The minimum atomic E-state index is -0.899. The van der Waals surface area contributed by atoms with Gasteiger partial charge in [0.1, 0.15) is 23.3 Å². The summed E-state index contributed by atoms with van der Waals surface area (Å²) >= 11 is 0. The minimum Gasteiger partial charge on any atom is -0.507 e. The van der Waals surface area contributed by atoms with Crippen molar-refractivity contribution in [2.24, 2.45) is 0 Å². The van der Waals surface area contributed by atoms with Crippen LogP contribution in [-0.4, -0.2) is 37.5 Å². The number of anilines is 2. The maximum atomic E-state index is 13.3. The van der Waals surface area contributed by atoms with Gasteiger partial charge < -0.3 is 19.2 Å². The third-order valence-electron chi connectivity index (χ3n) is 6.11. The number of hydrogen-bond acceptors (Lipinski definition) is 6. The largest absolute Gasteiger partial charge is 0.507 e.